The topological polar surface area (TPSA) is 32.7 Å². The van der Waals surface area contributed by atoms with Crippen LogP contribution in [0.2, 0.25) is 5.02 Å². The van der Waals surface area contributed by atoms with Crippen molar-refractivity contribution >= 4 is 67.9 Å². The molecule has 3 heterocycles. The Morgan fingerprint density at radius 1 is 1.30 bits per heavy atom. The Labute approximate surface area is 155 Å². The fraction of sp³-hybridized carbons (Fsp3) is 0.250. The predicted molar refractivity (Wildman–Crippen MR) is 101 cm³/mol. The summed E-state index contributed by atoms with van der Waals surface area (Å²) in [6.07, 6.45) is 1.50. The molecule has 23 heavy (non-hydrogen) atoms. The summed E-state index contributed by atoms with van der Waals surface area (Å²) < 4.78 is 2.39. The molecule has 1 aromatic heterocycles. The summed E-state index contributed by atoms with van der Waals surface area (Å²) in [4.78, 5) is 12.5. The molecule has 1 aromatic carbocycles. The third kappa shape index (κ3) is 2.97. The first kappa shape index (κ1) is 15.7. The molecule has 2 aliphatic rings. The van der Waals surface area contributed by atoms with E-state index in [-0.39, 0.29) is 11.8 Å². The Hall–Kier alpha value is -0.820. The summed E-state index contributed by atoms with van der Waals surface area (Å²) in [5.41, 5.74) is 2.96. The molecule has 0 spiro atoms. The molecule has 2 aromatic rings. The van der Waals surface area contributed by atoms with Crippen LogP contribution in [0.5, 0.6) is 0 Å². The van der Waals surface area contributed by atoms with Gasteiger partial charge < -0.3 is 0 Å². The number of benzene rings is 1. The molecule has 1 atom stereocenters. The first-order valence-corrected chi connectivity index (χ1v) is 10.2. The number of hydrogen-bond acceptors (Lipinski definition) is 4. The standard InChI is InChI=1S/C16H12BrClN2OS2/c17-13-8-12-15-9(5-6-22-16(12)23-13)7-14(21)20(19-15)11-3-1-10(18)2-4-11/h1-4,8-9H,5-7H2. The smallest absolute Gasteiger partial charge is 0.248 e. The molecule has 0 saturated heterocycles. The summed E-state index contributed by atoms with van der Waals surface area (Å²) in [5.74, 6) is 1.28. The van der Waals surface area contributed by atoms with Gasteiger partial charge in [-0.1, -0.05) is 11.6 Å². The number of hydrogen-bond donors (Lipinski definition) is 0. The Bertz CT molecular complexity index is 803. The number of anilines is 1. The molecule has 0 radical (unpaired) electrons. The van der Waals surface area contributed by atoms with Crippen LogP contribution in [0.15, 0.2) is 43.4 Å². The van der Waals surface area contributed by atoms with E-state index >= 15 is 0 Å². The number of hydrazone groups is 1. The molecule has 118 valence electrons. The van der Waals surface area contributed by atoms with E-state index < -0.39 is 0 Å². The number of carbonyl (C=O) groups excluding carboxylic acids is 1. The summed E-state index contributed by atoms with van der Waals surface area (Å²) in [6, 6.07) is 9.36. The Morgan fingerprint density at radius 2 is 2.09 bits per heavy atom. The highest BCUT2D eigenvalue weighted by molar-refractivity contribution is 9.11. The molecule has 3 nitrogen and oxygen atoms in total. The highest BCUT2D eigenvalue weighted by atomic mass is 79.9. The van der Waals surface area contributed by atoms with Gasteiger partial charge in [-0.2, -0.15) is 5.10 Å². The number of carbonyl (C=O) groups is 1. The van der Waals surface area contributed by atoms with E-state index in [1.54, 1.807) is 23.5 Å². The highest BCUT2D eigenvalue weighted by Crippen LogP contribution is 2.42. The normalized spacial score (nSPS) is 20.6. The Kier molecular flexibility index (Phi) is 4.26. The van der Waals surface area contributed by atoms with Gasteiger partial charge in [0.05, 0.1) is 19.4 Å². The Balaban J connectivity index is 1.80. The fourth-order valence-corrected chi connectivity index (χ4v) is 6.31. The van der Waals surface area contributed by atoms with Gasteiger partial charge in [0.15, 0.2) is 0 Å². The minimum atomic E-state index is 0.0452. The van der Waals surface area contributed by atoms with E-state index in [1.807, 2.05) is 23.9 Å². The monoisotopic (exact) mass is 426 g/mol. The maximum Gasteiger partial charge on any atom is 0.248 e. The average Bonchev–Trinajstić information content (AvgIpc) is 2.81. The largest absolute Gasteiger partial charge is 0.273 e. The van der Waals surface area contributed by atoms with Crippen LogP contribution in [0.4, 0.5) is 5.69 Å². The van der Waals surface area contributed by atoms with Gasteiger partial charge in [0.25, 0.3) is 0 Å². The zero-order valence-corrected chi connectivity index (χ0v) is 15.9. The van der Waals surface area contributed by atoms with Gasteiger partial charge in [-0.15, -0.1) is 23.1 Å². The van der Waals surface area contributed by atoms with Crippen molar-refractivity contribution in [3.05, 3.63) is 44.7 Å². The minimum absolute atomic E-state index is 0.0452. The number of thioether (sulfide) groups is 1. The lowest BCUT2D eigenvalue weighted by atomic mass is 9.91. The van der Waals surface area contributed by atoms with Gasteiger partial charge in [-0.05, 0) is 58.4 Å². The predicted octanol–water partition coefficient (Wildman–Crippen LogP) is 5.42. The van der Waals surface area contributed by atoms with Crippen LogP contribution in [0.1, 0.15) is 18.4 Å². The first-order chi connectivity index (χ1) is 11.1. The zero-order valence-electron chi connectivity index (χ0n) is 12.0. The number of fused-ring (bicyclic) bond motifs is 3. The van der Waals surface area contributed by atoms with E-state index in [1.165, 1.54) is 14.8 Å². The van der Waals surface area contributed by atoms with E-state index in [2.05, 4.69) is 22.0 Å². The molecule has 0 N–H and O–H groups in total. The number of nitrogens with zero attached hydrogens (tertiary/aromatic N) is 2. The van der Waals surface area contributed by atoms with Crippen molar-refractivity contribution in [2.75, 3.05) is 10.8 Å². The molecule has 0 saturated carbocycles. The molecule has 0 bridgehead atoms. The average molecular weight is 428 g/mol. The Morgan fingerprint density at radius 3 is 2.87 bits per heavy atom. The van der Waals surface area contributed by atoms with Gasteiger partial charge in [0.2, 0.25) is 5.91 Å². The van der Waals surface area contributed by atoms with Crippen LogP contribution < -0.4 is 5.01 Å². The number of rotatable bonds is 1. The summed E-state index contributed by atoms with van der Waals surface area (Å²) in [6.45, 7) is 0. The molecule has 1 amide bonds. The van der Waals surface area contributed by atoms with Crippen LogP contribution in [-0.2, 0) is 4.79 Å². The first-order valence-electron chi connectivity index (χ1n) is 7.21. The van der Waals surface area contributed by atoms with Crippen LogP contribution in [0.25, 0.3) is 0 Å². The van der Waals surface area contributed by atoms with Crippen molar-refractivity contribution in [2.45, 2.75) is 17.1 Å². The summed E-state index contributed by atoms with van der Waals surface area (Å²) in [7, 11) is 0. The van der Waals surface area contributed by atoms with Gasteiger partial charge in [-0.3, -0.25) is 4.79 Å². The number of thiophene rings is 1. The minimum Gasteiger partial charge on any atom is -0.273 e. The maximum atomic E-state index is 12.5. The highest BCUT2D eigenvalue weighted by Gasteiger charge is 2.34. The molecule has 0 fully saturated rings. The number of amides is 1. The molecular formula is C16H12BrClN2OS2. The molecule has 0 aliphatic carbocycles. The van der Waals surface area contributed by atoms with Crippen molar-refractivity contribution in [1.82, 2.24) is 0 Å². The molecule has 4 rings (SSSR count). The van der Waals surface area contributed by atoms with E-state index in [0.29, 0.717) is 11.4 Å². The number of halogens is 2. The van der Waals surface area contributed by atoms with Gasteiger partial charge in [-0.25, -0.2) is 5.01 Å². The second kappa shape index (κ2) is 6.24. The van der Waals surface area contributed by atoms with Crippen LogP contribution >= 0.6 is 50.6 Å². The molecule has 1 unspecified atom stereocenters. The van der Waals surface area contributed by atoms with Gasteiger partial charge in [0, 0.05) is 22.9 Å². The van der Waals surface area contributed by atoms with Crippen LogP contribution in [-0.4, -0.2) is 17.4 Å². The second-order valence-electron chi connectivity index (χ2n) is 5.46. The lowest BCUT2D eigenvalue weighted by Gasteiger charge is -2.28. The molecule has 2 aliphatic heterocycles. The van der Waals surface area contributed by atoms with Crippen LogP contribution in [0.3, 0.4) is 0 Å². The lowest BCUT2D eigenvalue weighted by molar-refractivity contribution is -0.119. The molecular weight excluding hydrogens is 416 g/mol. The zero-order chi connectivity index (χ0) is 16.0. The van der Waals surface area contributed by atoms with Gasteiger partial charge in [0.1, 0.15) is 0 Å². The maximum absolute atomic E-state index is 12.5. The fourth-order valence-electron chi connectivity index (χ4n) is 2.86. The van der Waals surface area contributed by atoms with Crippen molar-refractivity contribution < 1.29 is 4.79 Å². The van der Waals surface area contributed by atoms with Crippen molar-refractivity contribution in [3.63, 3.8) is 0 Å². The van der Waals surface area contributed by atoms with E-state index in [9.17, 15) is 4.79 Å². The van der Waals surface area contributed by atoms with Crippen molar-refractivity contribution in [3.8, 4) is 0 Å². The van der Waals surface area contributed by atoms with E-state index in [4.69, 9.17) is 16.7 Å². The molecule has 7 heteroatoms. The third-order valence-electron chi connectivity index (χ3n) is 3.97. The summed E-state index contributed by atoms with van der Waals surface area (Å²) in [5, 5.41) is 6.90. The third-order valence-corrected chi connectivity index (χ3v) is 7.18. The van der Waals surface area contributed by atoms with E-state index in [0.717, 1.165) is 27.4 Å². The van der Waals surface area contributed by atoms with Gasteiger partial charge >= 0.3 is 0 Å². The van der Waals surface area contributed by atoms with Crippen molar-refractivity contribution in [2.24, 2.45) is 11.0 Å². The van der Waals surface area contributed by atoms with Crippen molar-refractivity contribution in [1.29, 1.82) is 0 Å². The second-order valence-corrected chi connectivity index (χ2v) is 9.69. The quantitative estimate of drug-likeness (QED) is 0.609. The SMILES string of the molecule is O=C1CC2CCSc3sc(Br)cc3C2=NN1c1ccc(Cl)cc1. The summed E-state index contributed by atoms with van der Waals surface area (Å²) >= 11 is 13.1. The van der Waals surface area contributed by atoms with Crippen LogP contribution in [0, 0.1) is 5.92 Å². The lowest BCUT2D eigenvalue weighted by Crippen LogP contribution is -2.37.